The summed E-state index contributed by atoms with van der Waals surface area (Å²) in [6, 6.07) is 7.07. The maximum Gasteiger partial charge on any atom is 0.229 e. The standard InChI is InChI=1S/C15H23N3O3S.ClH/c1-22(20,21)18-13-7-5-11(6-8-13)10-17-15(19)9-12-3-2-4-14(12)16;/h5-8,12,14,18H,2-4,9-10,16H2,1H3,(H,17,19);1H/t12-,14+;/m0./s1. The molecule has 1 aliphatic rings. The monoisotopic (exact) mass is 361 g/mol. The first-order valence-corrected chi connectivity index (χ1v) is 9.31. The maximum atomic E-state index is 11.9. The average Bonchev–Trinajstić information content (AvgIpc) is 2.82. The Hall–Kier alpha value is -1.31. The number of halogens is 1. The maximum absolute atomic E-state index is 11.9. The molecule has 0 spiro atoms. The van der Waals surface area contributed by atoms with Crippen molar-refractivity contribution < 1.29 is 13.2 Å². The van der Waals surface area contributed by atoms with Gasteiger partial charge in [-0.2, -0.15) is 0 Å². The van der Waals surface area contributed by atoms with Crippen LogP contribution in [0.2, 0.25) is 0 Å². The van der Waals surface area contributed by atoms with Crippen LogP contribution in [-0.2, 0) is 21.4 Å². The van der Waals surface area contributed by atoms with Gasteiger partial charge in [0, 0.05) is 24.7 Å². The highest BCUT2D eigenvalue weighted by molar-refractivity contribution is 7.92. The van der Waals surface area contributed by atoms with Crippen LogP contribution in [-0.4, -0.2) is 26.6 Å². The minimum Gasteiger partial charge on any atom is -0.352 e. The number of carbonyl (C=O) groups is 1. The van der Waals surface area contributed by atoms with Gasteiger partial charge in [-0.1, -0.05) is 18.6 Å². The van der Waals surface area contributed by atoms with E-state index < -0.39 is 10.0 Å². The van der Waals surface area contributed by atoms with E-state index in [2.05, 4.69) is 10.0 Å². The molecule has 23 heavy (non-hydrogen) atoms. The molecule has 1 aromatic rings. The van der Waals surface area contributed by atoms with Crippen molar-refractivity contribution in [1.29, 1.82) is 0 Å². The Labute approximate surface area is 143 Å². The second-order valence-corrected chi connectivity index (χ2v) is 7.66. The summed E-state index contributed by atoms with van der Waals surface area (Å²) in [5.74, 6) is 0.307. The van der Waals surface area contributed by atoms with Crippen LogP contribution in [0.5, 0.6) is 0 Å². The van der Waals surface area contributed by atoms with Gasteiger partial charge < -0.3 is 11.1 Å². The molecule has 0 radical (unpaired) electrons. The Morgan fingerprint density at radius 3 is 2.43 bits per heavy atom. The van der Waals surface area contributed by atoms with Gasteiger partial charge in [0.05, 0.1) is 6.26 Å². The van der Waals surface area contributed by atoms with Gasteiger partial charge in [-0.25, -0.2) is 8.42 Å². The first-order valence-electron chi connectivity index (χ1n) is 7.42. The number of amides is 1. The van der Waals surface area contributed by atoms with E-state index in [0.717, 1.165) is 31.1 Å². The van der Waals surface area contributed by atoms with Crippen LogP contribution in [0.15, 0.2) is 24.3 Å². The smallest absolute Gasteiger partial charge is 0.229 e. The van der Waals surface area contributed by atoms with E-state index >= 15 is 0 Å². The largest absolute Gasteiger partial charge is 0.352 e. The van der Waals surface area contributed by atoms with Gasteiger partial charge >= 0.3 is 0 Å². The Balaban J connectivity index is 0.00000264. The van der Waals surface area contributed by atoms with E-state index in [1.807, 2.05) is 0 Å². The zero-order chi connectivity index (χ0) is 16.2. The highest BCUT2D eigenvalue weighted by atomic mass is 35.5. The normalized spacial score (nSPS) is 20.6. The fourth-order valence-corrected chi connectivity index (χ4v) is 3.30. The fraction of sp³-hybridized carbons (Fsp3) is 0.533. The Morgan fingerprint density at radius 1 is 1.26 bits per heavy atom. The summed E-state index contributed by atoms with van der Waals surface area (Å²) in [7, 11) is -3.27. The van der Waals surface area contributed by atoms with Crippen molar-refractivity contribution >= 4 is 34.0 Å². The van der Waals surface area contributed by atoms with Crippen LogP contribution < -0.4 is 15.8 Å². The zero-order valence-electron chi connectivity index (χ0n) is 13.1. The molecule has 0 aliphatic heterocycles. The average molecular weight is 362 g/mol. The number of nitrogens with one attached hydrogen (secondary N) is 2. The fourth-order valence-electron chi connectivity index (χ4n) is 2.73. The molecule has 1 aliphatic carbocycles. The number of benzene rings is 1. The van der Waals surface area contributed by atoms with Crippen molar-refractivity contribution in [2.45, 2.75) is 38.3 Å². The van der Waals surface area contributed by atoms with E-state index in [1.54, 1.807) is 24.3 Å². The molecule has 0 saturated heterocycles. The van der Waals surface area contributed by atoms with E-state index in [1.165, 1.54) is 0 Å². The lowest BCUT2D eigenvalue weighted by Crippen LogP contribution is -2.31. The Morgan fingerprint density at radius 2 is 1.91 bits per heavy atom. The van der Waals surface area contributed by atoms with Gasteiger partial charge in [-0.15, -0.1) is 12.4 Å². The number of anilines is 1. The number of hydrogen-bond donors (Lipinski definition) is 3. The topological polar surface area (TPSA) is 101 Å². The molecule has 0 bridgehead atoms. The Kier molecular flexibility index (Phi) is 7.31. The molecule has 1 aromatic carbocycles. The molecular weight excluding hydrogens is 338 g/mol. The lowest BCUT2D eigenvalue weighted by atomic mass is 10.00. The molecule has 130 valence electrons. The van der Waals surface area contributed by atoms with Crippen LogP contribution in [0, 0.1) is 5.92 Å². The summed E-state index contributed by atoms with van der Waals surface area (Å²) < 4.78 is 24.6. The Bertz CT molecular complexity index is 619. The van der Waals surface area contributed by atoms with Crippen molar-refractivity contribution in [2.24, 2.45) is 11.7 Å². The summed E-state index contributed by atoms with van der Waals surface area (Å²) in [5, 5.41) is 2.88. The number of nitrogens with two attached hydrogens (primary N) is 1. The summed E-state index contributed by atoms with van der Waals surface area (Å²) in [4.78, 5) is 11.9. The number of sulfonamides is 1. The van der Waals surface area contributed by atoms with Gasteiger partial charge in [-0.05, 0) is 36.5 Å². The number of rotatable bonds is 6. The van der Waals surface area contributed by atoms with Crippen LogP contribution in [0.3, 0.4) is 0 Å². The van der Waals surface area contributed by atoms with E-state index in [9.17, 15) is 13.2 Å². The molecule has 2 atom stereocenters. The second kappa shape index (κ2) is 8.52. The third-order valence-electron chi connectivity index (χ3n) is 3.91. The van der Waals surface area contributed by atoms with Gasteiger partial charge in [0.2, 0.25) is 15.9 Å². The van der Waals surface area contributed by atoms with E-state index in [0.29, 0.717) is 24.6 Å². The summed E-state index contributed by atoms with van der Waals surface area (Å²) in [5.41, 5.74) is 7.39. The molecule has 0 unspecified atom stereocenters. The van der Waals surface area contributed by atoms with Crippen molar-refractivity contribution in [3.05, 3.63) is 29.8 Å². The van der Waals surface area contributed by atoms with Crippen LogP contribution in [0.4, 0.5) is 5.69 Å². The van der Waals surface area contributed by atoms with Crippen molar-refractivity contribution in [3.63, 3.8) is 0 Å². The van der Waals surface area contributed by atoms with E-state index in [4.69, 9.17) is 5.73 Å². The molecular formula is C15H24ClN3O3S. The lowest BCUT2D eigenvalue weighted by molar-refractivity contribution is -0.122. The van der Waals surface area contributed by atoms with Gasteiger partial charge in [0.1, 0.15) is 0 Å². The molecule has 0 heterocycles. The summed E-state index contributed by atoms with van der Waals surface area (Å²) >= 11 is 0. The molecule has 1 amide bonds. The predicted molar refractivity (Wildman–Crippen MR) is 93.9 cm³/mol. The SMILES string of the molecule is CS(=O)(=O)Nc1ccc(CNC(=O)C[C@@H]2CCC[C@H]2N)cc1.Cl. The summed E-state index contributed by atoms with van der Waals surface area (Å²) in [6.45, 7) is 0.431. The molecule has 8 heteroatoms. The first kappa shape index (κ1) is 19.7. The summed E-state index contributed by atoms with van der Waals surface area (Å²) in [6.07, 6.45) is 4.73. The van der Waals surface area contributed by atoms with E-state index in [-0.39, 0.29) is 24.4 Å². The van der Waals surface area contributed by atoms with Crippen LogP contribution in [0.25, 0.3) is 0 Å². The number of hydrogen-bond acceptors (Lipinski definition) is 4. The molecule has 4 N–H and O–H groups in total. The second-order valence-electron chi connectivity index (χ2n) is 5.91. The van der Waals surface area contributed by atoms with Gasteiger partial charge in [-0.3, -0.25) is 9.52 Å². The van der Waals surface area contributed by atoms with Crippen LogP contribution in [0.1, 0.15) is 31.2 Å². The molecule has 1 saturated carbocycles. The first-order chi connectivity index (χ1) is 10.3. The predicted octanol–water partition coefficient (Wildman–Crippen LogP) is 1.61. The molecule has 1 fully saturated rings. The van der Waals surface area contributed by atoms with Gasteiger partial charge in [0.25, 0.3) is 0 Å². The highest BCUT2D eigenvalue weighted by Gasteiger charge is 2.25. The molecule has 2 rings (SSSR count). The van der Waals surface area contributed by atoms with Crippen molar-refractivity contribution in [3.8, 4) is 0 Å². The lowest BCUT2D eigenvalue weighted by Gasteiger charge is -2.14. The quantitative estimate of drug-likeness (QED) is 0.716. The number of carbonyl (C=O) groups excluding carboxylic acids is 1. The van der Waals surface area contributed by atoms with Gasteiger partial charge in [0.15, 0.2) is 0 Å². The third kappa shape index (κ3) is 6.76. The van der Waals surface area contributed by atoms with Crippen molar-refractivity contribution in [1.82, 2.24) is 5.32 Å². The molecule has 6 nitrogen and oxygen atoms in total. The third-order valence-corrected chi connectivity index (χ3v) is 4.52. The minimum absolute atomic E-state index is 0. The van der Waals surface area contributed by atoms with Crippen LogP contribution >= 0.6 is 12.4 Å². The zero-order valence-corrected chi connectivity index (χ0v) is 14.8. The van der Waals surface area contributed by atoms with Crippen molar-refractivity contribution in [2.75, 3.05) is 11.0 Å². The highest BCUT2D eigenvalue weighted by Crippen LogP contribution is 2.26. The molecule has 0 aromatic heterocycles. The minimum atomic E-state index is -3.27.